The minimum Gasteiger partial charge on any atom is -0.491 e. The van der Waals surface area contributed by atoms with E-state index in [0.29, 0.717) is 16.5 Å². The van der Waals surface area contributed by atoms with E-state index in [1.54, 1.807) is 24.3 Å². The lowest BCUT2D eigenvalue weighted by atomic mass is 10.2. The Morgan fingerprint density at radius 1 is 1.17 bits per heavy atom. The van der Waals surface area contributed by atoms with Crippen LogP contribution in [0.5, 0.6) is 11.5 Å². The van der Waals surface area contributed by atoms with Gasteiger partial charge in [0.2, 0.25) is 0 Å². The number of anilines is 1. The van der Waals surface area contributed by atoms with E-state index < -0.39 is 0 Å². The quantitative estimate of drug-likeness (QED) is 0.849. The summed E-state index contributed by atoms with van der Waals surface area (Å²) in [6, 6.07) is 12.6. The molecule has 1 N–H and O–H groups in total. The Morgan fingerprint density at radius 2 is 1.87 bits per heavy atom. The zero-order valence-electron chi connectivity index (χ0n) is 13.4. The fourth-order valence-corrected chi connectivity index (χ4v) is 2.12. The van der Waals surface area contributed by atoms with Gasteiger partial charge in [-0.25, -0.2) is 0 Å². The van der Waals surface area contributed by atoms with E-state index in [2.05, 4.69) is 5.32 Å². The number of carbonyl (C=O) groups excluding carboxylic acids is 1. The first kappa shape index (κ1) is 17.2. The van der Waals surface area contributed by atoms with E-state index in [1.807, 2.05) is 39.0 Å². The molecule has 2 aromatic rings. The molecule has 0 radical (unpaired) electrons. The van der Waals surface area contributed by atoms with Gasteiger partial charge >= 0.3 is 0 Å². The maximum Gasteiger partial charge on any atom is 0.262 e. The minimum atomic E-state index is -0.250. The van der Waals surface area contributed by atoms with Crippen LogP contribution in [-0.2, 0) is 4.79 Å². The van der Waals surface area contributed by atoms with Gasteiger partial charge in [0.15, 0.2) is 6.61 Å². The third kappa shape index (κ3) is 5.49. The summed E-state index contributed by atoms with van der Waals surface area (Å²) in [5.74, 6) is 1.02. The van der Waals surface area contributed by atoms with E-state index >= 15 is 0 Å². The van der Waals surface area contributed by atoms with Crippen LogP contribution in [0.2, 0.25) is 5.02 Å². The van der Waals surface area contributed by atoms with Crippen LogP contribution in [0.25, 0.3) is 0 Å². The molecule has 0 aliphatic rings. The standard InChI is InChI=1S/C18H20ClNO3/c1-12(2)23-15-7-5-14(6-8-15)20-18(21)11-22-17-10-13(3)4-9-16(17)19/h4-10,12H,11H2,1-3H3,(H,20,21). The molecule has 0 heterocycles. The molecule has 4 nitrogen and oxygen atoms in total. The van der Waals surface area contributed by atoms with Gasteiger partial charge in [-0.05, 0) is 62.7 Å². The van der Waals surface area contributed by atoms with Gasteiger partial charge in [-0.3, -0.25) is 4.79 Å². The smallest absolute Gasteiger partial charge is 0.262 e. The number of halogens is 1. The van der Waals surface area contributed by atoms with E-state index in [-0.39, 0.29) is 18.6 Å². The Hall–Kier alpha value is -2.20. The molecule has 0 aliphatic heterocycles. The van der Waals surface area contributed by atoms with Crippen LogP contribution in [-0.4, -0.2) is 18.6 Å². The van der Waals surface area contributed by atoms with Crippen LogP contribution in [0.15, 0.2) is 42.5 Å². The molecule has 0 bridgehead atoms. The number of aryl methyl sites for hydroxylation is 1. The van der Waals surface area contributed by atoms with Crippen LogP contribution in [0, 0.1) is 6.92 Å². The lowest BCUT2D eigenvalue weighted by molar-refractivity contribution is -0.118. The van der Waals surface area contributed by atoms with Crippen molar-refractivity contribution >= 4 is 23.2 Å². The second-order valence-electron chi connectivity index (χ2n) is 5.46. The summed E-state index contributed by atoms with van der Waals surface area (Å²) < 4.78 is 11.0. The molecule has 2 rings (SSSR count). The van der Waals surface area contributed by atoms with Crippen molar-refractivity contribution in [3.8, 4) is 11.5 Å². The largest absolute Gasteiger partial charge is 0.491 e. The van der Waals surface area contributed by atoms with Crippen molar-refractivity contribution in [3.05, 3.63) is 53.1 Å². The van der Waals surface area contributed by atoms with Gasteiger partial charge < -0.3 is 14.8 Å². The van der Waals surface area contributed by atoms with Crippen molar-refractivity contribution in [2.45, 2.75) is 26.9 Å². The van der Waals surface area contributed by atoms with Crippen LogP contribution in [0.3, 0.4) is 0 Å². The molecule has 5 heteroatoms. The third-order valence-electron chi connectivity index (χ3n) is 2.96. The molecule has 0 fully saturated rings. The average Bonchev–Trinajstić information content (AvgIpc) is 2.50. The summed E-state index contributed by atoms with van der Waals surface area (Å²) in [7, 11) is 0. The molecular weight excluding hydrogens is 314 g/mol. The predicted molar refractivity (Wildman–Crippen MR) is 92.5 cm³/mol. The highest BCUT2D eigenvalue weighted by molar-refractivity contribution is 6.32. The minimum absolute atomic E-state index is 0.104. The topological polar surface area (TPSA) is 47.6 Å². The molecule has 2 aromatic carbocycles. The van der Waals surface area contributed by atoms with Crippen molar-refractivity contribution in [1.29, 1.82) is 0 Å². The highest BCUT2D eigenvalue weighted by atomic mass is 35.5. The van der Waals surface area contributed by atoms with Crippen LogP contribution in [0.1, 0.15) is 19.4 Å². The number of hydrogen-bond acceptors (Lipinski definition) is 3. The fraction of sp³-hybridized carbons (Fsp3) is 0.278. The summed E-state index contributed by atoms with van der Waals surface area (Å²) in [6.07, 6.45) is 0.114. The maximum absolute atomic E-state index is 11.9. The average molecular weight is 334 g/mol. The number of rotatable bonds is 6. The summed E-state index contributed by atoms with van der Waals surface area (Å²) in [5.41, 5.74) is 1.70. The van der Waals surface area contributed by atoms with Gasteiger partial charge in [-0.2, -0.15) is 0 Å². The Morgan fingerprint density at radius 3 is 2.52 bits per heavy atom. The van der Waals surface area contributed by atoms with Crippen LogP contribution in [0.4, 0.5) is 5.69 Å². The van der Waals surface area contributed by atoms with Crippen molar-refractivity contribution in [3.63, 3.8) is 0 Å². The molecule has 0 spiro atoms. The highest BCUT2D eigenvalue weighted by Crippen LogP contribution is 2.25. The Kier molecular flexibility index (Phi) is 5.88. The summed E-state index contributed by atoms with van der Waals surface area (Å²) in [6.45, 7) is 5.75. The van der Waals surface area contributed by atoms with Crippen molar-refractivity contribution in [2.24, 2.45) is 0 Å². The number of amides is 1. The normalized spacial score (nSPS) is 10.5. The molecule has 0 unspecified atom stereocenters. The first-order chi connectivity index (χ1) is 10.9. The van der Waals surface area contributed by atoms with Crippen molar-refractivity contribution in [1.82, 2.24) is 0 Å². The Balaban J connectivity index is 1.88. The molecule has 0 atom stereocenters. The number of hydrogen-bond donors (Lipinski definition) is 1. The number of benzene rings is 2. The van der Waals surface area contributed by atoms with Gasteiger partial charge in [0, 0.05) is 5.69 Å². The van der Waals surface area contributed by atoms with E-state index in [0.717, 1.165) is 11.3 Å². The molecule has 0 aromatic heterocycles. The molecule has 122 valence electrons. The Labute approximate surface area is 141 Å². The summed E-state index contributed by atoms with van der Waals surface area (Å²) in [4.78, 5) is 11.9. The first-order valence-corrected chi connectivity index (χ1v) is 7.77. The van der Waals surface area contributed by atoms with Gasteiger partial charge in [0.1, 0.15) is 11.5 Å². The molecule has 0 aliphatic carbocycles. The number of nitrogens with one attached hydrogen (secondary N) is 1. The summed E-state index contributed by atoms with van der Waals surface area (Å²) in [5, 5.41) is 3.25. The molecule has 1 amide bonds. The van der Waals surface area contributed by atoms with Crippen LogP contribution < -0.4 is 14.8 Å². The first-order valence-electron chi connectivity index (χ1n) is 7.39. The maximum atomic E-state index is 11.9. The third-order valence-corrected chi connectivity index (χ3v) is 3.27. The van der Waals surface area contributed by atoms with Crippen molar-refractivity contribution < 1.29 is 14.3 Å². The zero-order chi connectivity index (χ0) is 16.8. The van der Waals surface area contributed by atoms with Gasteiger partial charge in [0.05, 0.1) is 11.1 Å². The number of ether oxygens (including phenoxy) is 2. The zero-order valence-corrected chi connectivity index (χ0v) is 14.2. The Bertz CT molecular complexity index is 668. The summed E-state index contributed by atoms with van der Waals surface area (Å²) >= 11 is 6.03. The molecular formula is C18H20ClNO3. The molecule has 0 saturated carbocycles. The lowest BCUT2D eigenvalue weighted by Gasteiger charge is -2.11. The van der Waals surface area contributed by atoms with Gasteiger partial charge in [-0.15, -0.1) is 0 Å². The van der Waals surface area contributed by atoms with Gasteiger partial charge in [0.25, 0.3) is 5.91 Å². The second kappa shape index (κ2) is 7.88. The fourth-order valence-electron chi connectivity index (χ4n) is 1.95. The highest BCUT2D eigenvalue weighted by Gasteiger charge is 2.07. The van der Waals surface area contributed by atoms with Crippen molar-refractivity contribution in [2.75, 3.05) is 11.9 Å². The van der Waals surface area contributed by atoms with E-state index in [9.17, 15) is 4.79 Å². The van der Waals surface area contributed by atoms with E-state index in [1.165, 1.54) is 0 Å². The van der Waals surface area contributed by atoms with Gasteiger partial charge in [-0.1, -0.05) is 17.7 Å². The SMILES string of the molecule is Cc1ccc(Cl)c(OCC(=O)Nc2ccc(OC(C)C)cc2)c1. The van der Waals surface area contributed by atoms with E-state index in [4.69, 9.17) is 21.1 Å². The monoisotopic (exact) mass is 333 g/mol. The lowest BCUT2D eigenvalue weighted by Crippen LogP contribution is -2.20. The molecule has 23 heavy (non-hydrogen) atoms. The predicted octanol–water partition coefficient (Wildman–Crippen LogP) is 4.45. The number of carbonyl (C=O) groups is 1. The molecule has 0 saturated heterocycles. The van der Waals surface area contributed by atoms with Crippen LogP contribution >= 0.6 is 11.6 Å². The second-order valence-corrected chi connectivity index (χ2v) is 5.87.